The number of carboxylic acids is 1. The number of carboxylic acid groups (broad SMARTS) is 1. The van der Waals surface area contributed by atoms with Crippen LogP contribution in [-0.4, -0.2) is 54.5 Å². The van der Waals surface area contributed by atoms with E-state index in [1.807, 2.05) is 0 Å². The van der Waals surface area contributed by atoms with Crippen molar-refractivity contribution < 1.29 is 33.5 Å². The summed E-state index contributed by atoms with van der Waals surface area (Å²) in [6, 6.07) is 6.44. The van der Waals surface area contributed by atoms with Crippen molar-refractivity contribution in [1.29, 1.82) is 0 Å². The largest absolute Gasteiger partial charge is 0.477 e. The quantitative estimate of drug-likeness (QED) is 0.537. The van der Waals surface area contributed by atoms with E-state index in [9.17, 15) is 28.8 Å². The van der Waals surface area contributed by atoms with Gasteiger partial charge in [0.1, 0.15) is 17.7 Å². The molecule has 9 nitrogen and oxygen atoms in total. The molecular formula is C17H18N2O7S2. The lowest BCUT2D eigenvalue weighted by Gasteiger charge is -2.43. The fraction of sp³-hybridized carbons (Fsp3) is 0.353. The van der Waals surface area contributed by atoms with Crippen LogP contribution in [0.1, 0.15) is 12.5 Å². The fourth-order valence-electron chi connectivity index (χ4n) is 3.05. The van der Waals surface area contributed by atoms with Crippen LogP contribution in [0.5, 0.6) is 0 Å². The molecule has 0 saturated carbocycles. The Bertz CT molecular complexity index is 882. The number of amides is 2. The Labute approximate surface area is 167 Å². The summed E-state index contributed by atoms with van der Waals surface area (Å²) >= 11 is 1.15. The molecular weight excluding hydrogens is 408 g/mol. The number of nitrogens with two attached hydrogens (primary N) is 1. The molecule has 2 aliphatic rings. The second-order valence-corrected chi connectivity index (χ2v) is 8.96. The highest BCUT2D eigenvalue weighted by Crippen LogP contribution is 2.50. The van der Waals surface area contributed by atoms with Crippen LogP contribution in [0, 0.1) is 5.92 Å². The monoisotopic (exact) mass is 426 g/mol. The second-order valence-electron chi connectivity index (χ2n) is 6.30. The van der Waals surface area contributed by atoms with Gasteiger partial charge < -0.3 is 20.7 Å². The number of aliphatic hydroxyl groups is 1. The first-order valence-electron chi connectivity index (χ1n) is 8.24. The molecule has 0 aromatic heterocycles. The van der Waals surface area contributed by atoms with Gasteiger partial charge in [0.05, 0.1) is 28.6 Å². The summed E-state index contributed by atoms with van der Waals surface area (Å²) in [5.41, 5.74) is 5.40. The topological polar surface area (TPSA) is 147 Å². The maximum absolute atomic E-state index is 12.7. The summed E-state index contributed by atoms with van der Waals surface area (Å²) in [6.45, 7) is 1.48. The Balaban J connectivity index is 1.74. The number of ether oxygens (including phenoxy) is 1. The highest BCUT2D eigenvalue weighted by atomic mass is 32.2. The molecule has 150 valence electrons. The Kier molecular flexibility index (Phi) is 5.77. The van der Waals surface area contributed by atoms with Gasteiger partial charge >= 0.3 is 12.1 Å². The molecule has 0 aliphatic carbocycles. The lowest BCUT2D eigenvalue weighted by atomic mass is 9.92. The van der Waals surface area contributed by atoms with Gasteiger partial charge in [-0.1, -0.05) is 12.1 Å². The van der Waals surface area contributed by atoms with E-state index < -0.39 is 46.2 Å². The van der Waals surface area contributed by atoms with E-state index in [1.165, 1.54) is 6.92 Å². The van der Waals surface area contributed by atoms with Gasteiger partial charge in [-0.3, -0.25) is 13.9 Å². The maximum atomic E-state index is 12.7. The molecule has 4 N–H and O–H groups in total. The smallest absolute Gasteiger partial charge is 0.404 e. The van der Waals surface area contributed by atoms with Crippen LogP contribution < -0.4 is 5.73 Å². The van der Waals surface area contributed by atoms with Crippen molar-refractivity contribution in [3.05, 3.63) is 40.4 Å². The first-order valence-corrected chi connectivity index (χ1v) is 10.4. The number of fused-ring (bicyclic) bond motifs is 1. The standard InChI is InChI=1S/C17H18N2O7S2/c1-8(20)12-14(21)19-13(16(22)23)11(27-15(12)19)7-28(25)10-4-2-9(3-5-10)6-26-17(18)24/h2-5,8,12,15,20H,6-7H2,1H3,(H2,18,24)(H,22,23)/t8-,12+,15-,28?/m1/s1. The normalized spacial score (nSPS) is 23.1. The zero-order valence-corrected chi connectivity index (χ0v) is 16.4. The molecule has 11 heteroatoms. The minimum Gasteiger partial charge on any atom is -0.477 e. The van der Waals surface area contributed by atoms with Gasteiger partial charge in [-0.05, 0) is 24.6 Å². The highest BCUT2D eigenvalue weighted by Gasteiger charge is 2.57. The molecule has 2 heterocycles. The zero-order chi connectivity index (χ0) is 20.6. The highest BCUT2D eigenvalue weighted by molar-refractivity contribution is 8.05. The Morgan fingerprint density at radius 3 is 2.54 bits per heavy atom. The zero-order valence-electron chi connectivity index (χ0n) is 14.7. The second kappa shape index (κ2) is 7.94. The molecule has 1 aromatic carbocycles. The van der Waals surface area contributed by atoms with Crippen LogP contribution in [0.3, 0.4) is 0 Å². The van der Waals surface area contributed by atoms with Crippen LogP contribution in [0.2, 0.25) is 0 Å². The Hall–Kier alpha value is -2.37. The Morgan fingerprint density at radius 2 is 2.00 bits per heavy atom. The molecule has 0 bridgehead atoms. The third-order valence-corrected chi connectivity index (χ3v) is 7.30. The molecule has 0 radical (unpaired) electrons. The van der Waals surface area contributed by atoms with Crippen LogP contribution >= 0.6 is 11.8 Å². The van der Waals surface area contributed by atoms with Crippen LogP contribution in [0.4, 0.5) is 4.79 Å². The number of aliphatic hydroxyl groups excluding tert-OH is 1. The number of carbonyl (C=O) groups is 3. The molecule has 3 rings (SSSR count). The van der Waals surface area contributed by atoms with Crippen molar-refractivity contribution in [2.24, 2.45) is 11.7 Å². The van der Waals surface area contributed by atoms with E-state index >= 15 is 0 Å². The number of β-lactam (4-membered cyclic amide) rings is 1. The lowest BCUT2D eigenvalue weighted by Crippen LogP contribution is -2.60. The fourth-order valence-corrected chi connectivity index (χ4v) is 6.02. The van der Waals surface area contributed by atoms with Crippen molar-refractivity contribution in [3.8, 4) is 0 Å². The van der Waals surface area contributed by atoms with Crippen molar-refractivity contribution in [2.45, 2.75) is 29.9 Å². The molecule has 1 fully saturated rings. The van der Waals surface area contributed by atoms with E-state index in [2.05, 4.69) is 4.74 Å². The van der Waals surface area contributed by atoms with E-state index in [0.29, 0.717) is 15.4 Å². The summed E-state index contributed by atoms with van der Waals surface area (Å²) in [6.07, 6.45) is -1.79. The van der Waals surface area contributed by atoms with Gasteiger partial charge in [-0.25, -0.2) is 9.59 Å². The minimum absolute atomic E-state index is 0.00804. The number of carbonyl (C=O) groups excluding carboxylic acids is 2. The van der Waals surface area contributed by atoms with Gasteiger partial charge in [0.15, 0.2) is 0 Å². The number of benzene rings is 1. The van der Waals surface area contributed by atoms with Gasteiger partial charge in [0.2, 0.25) is 5.91 Å². The number of thioether (sulfide) groups is 1. The molecule has 2 aliphatic heterocycles. The van der Waals surface area contributed by atoms with E-state index in [-0.39, 0.29) is 18.1 Å². The van der Waals surface area contributed by atoms with Crippen molar-refractivity contribution in [1.82, 2.24) is 4.90 Å². The van der Waals surface area contributed by atoms with Crippen LogP contribution in [-0.2, 0) is 31.7 Å². The number of hydrogen-bond donors (Lipinski definition) is 3. The summed E-state index contributed by atoms with van der Waals surface area (Å²) in [5.74, 6) is -2.44. The Morgan fingerprint density at radius 1 is 1.36 bits per heavy atom. The van der Waals surface area contributed by atoms with E-state index in [1.54, 1.807) is 24.3 Å². The van der Waals surface area contributed by atoms with Crippen LogP contribution in [0.15, 0.2) is 39.8 Å². The summed E-state index contributed by atoms with van der Waals surface area (Å²) in [5, 5.41) is 18.7. The van der Waals surface area contributed by atoms with E-state index in [4.69, 9.17) is 5.73 Å². The molecule has 0 spiro atoms. The third kappa shape index (κ3) is 3.77. The van der Waals surface area contributed by atoms with Crippen molar-refractivity contribution in [2.75, 3.05) is 5.75 Å². The van der Waals surface area contributed by atoms with E-state index in [0.717, 1.165) is 16.7 Å². The molecule has 1 aromatic rings. The predicted molar refractivity (Wildman–Crippen MR) is 100 cm³/mol. The average Bonchev–Trinajstić information content (AvgIpc) is 2.94. The molecule has 4 atom stereocenters. The molecule has 1 unspecified atom stereocenters. The van der Waals surface area contributed by atoms with Gasteiger partial charge in [0.25, 0.3) is 0 Å². The van der Waals surface area contributed by atoms with Gasteiger partial charge in [-0.15, -0.1) is 11.8 Å². The molecule has 2 amide bonds. The maximum Gasteiger partial charge on any atom is 0.404 e. The number of hydrogen-bond acceptors (Lipinski definition) is 7. The summed E-state index contributed by atoms with van der Waals surface area (Å²) < 4.78 is 17.4. The lowest BCUT2D eigenvalue weighted by molar-refractivity contribution is -0.156. The molecule has 1 saturated heterocycles. The van der Waals surface area contributed by atoms with Crippen molar-refractivity contribution >= 4 is 40.5 Å². The average molecular weight is 426 g/mol. The van der Waals surface area contributed by atoms with Gasteiger partial charge in [-0.2, -0.15) is 0 Å². The van der Waals surface area contributed by atoms with Gasteiger partial charge in [0, 0.05) is 9.80 Å². The number of rotatable bonds is 7. The SMILES string of the molecule is C[C@@H](O)[C@H]1C(=O)N2C(C(=O)O)=C(CS(=O)c3ccc(COC(N)=O)cc3)S[C@H]12. The number of aliphatic carboxylic acids is 1. The minimum atomic E-state index is -1.54. The number of nitrogens with zero attached hydrogens (tertiary/aromatic N) is 1. The predicted octanol–water partition coefficient (Wildman–Crippen LogP) is 0.598. The first kappa shape index (κ1) is 20.4. The first-order chi connectivity index (χ1) is 13.2. The molecule has 28 heavy (non-hydrogen) atoms. The third-order valence-electron chi connectivity index (χ3n) is 4.40. The van der Waals surface area contributed by atoms with Crippen LogP contribution in [0.25, 0.3) is 0 Å². The summed E-state index contributed by atoms with van der Waals surface area (Å²) in [7, 11) is -1.54. The summed E-state index contributed by atoms with van der Waals surface area (Å²) in [4.78, 5) is 36.4. The van der Waals surface area contributed by atoms with Crippen molar-refractivity contribution in [3.63, 3.8) is 0 Å². The number of primary amides is 1.